The van der Waals surface area contributed by atoms with Crippen LogP contribution in [0.1, 0.15) is 57.8 Å². The van der Waals surface area contributed by atoms with Gasteiger partial charge in [-0.25, -0.2) is 0 Å². The van der Waals surface area contributed by atoms with Crippen LogP contribution >= 0.6 is 0 Å². The number of nitrogens with zero attached hydrogens (tertiary/aromatic N) is 2. The van der Waals surface area contributed by atoms with Crippen LogP contribution in [0.25, 0.3) is 0 Å². The van der Waals surface area contributed by atoms with Crippen molar-refractivity contribution in [2.24, 2.45) is 17.3 Å². The monoisotopic (exact) mass is 290 g/mol. The van der Waals surface area contributed by atoms with Crippen molar-refractivity contribution in [1.82, 2.24) is 9.80 Å². The average Bonchev–Trinajstić information content (AvgIpc) is 2.38. The molecule has 4 fully saturated rings. The first-order valence-electron chi connectivity index (χ1n) is 9.20. The van der Waals surface area contributed by atoms with E-state index in [0.717, 1.165) is 18.4 Å². The van der Waals surface area contributed by atoms with Gasteiger partial charge >= 0.3 is 0 Å². The summed E-state index contributed by atoms with van der Waals surface area (Å²) in [4.78, 5) is 18.2. The van der Waals surface area contributed by atoms with Crippen LogP contribution in [0.15, 0.2) is 0 Å². The Bertz CT molecular complexity index is 413. The fourth-order valence-electron chi connectivity index (χ4n) is 5.44. The third-order valence-corrected chi connectivity index (χ3v) is 7.09. The maximum Gasteiger partial charge on any atom is 0.229 e. The molecule has 2 aliphatic heterocycles. The highest BCUT2D eigenvalue weighted by molar-refractivity contribution is 5.84. The summed E-state index contributed by atoms with van der Waals surface area (Å²) < 4.78 is 0. The number of rotatable bonds is 2. The van der Waals surface area contributed by atoms with Gasteiger partial charge < -0.3 is 9.80 Å². The van der Waals surface area contributed by atoms with Gasteiger partial charge in [0.25, 0.3) is 0 Å². The van der Waals surface area contributed by atoms with Crippen molar-refractivity contribution in [3.63, 3.8) is 0 Å². The van der Waals surface area contributed by atoms with Crippen LogP contribution in [-0.2, 0) is 4.79 Å². The molecule has 4 rings (SSSR count). The quantitative estimate of drug-likeness (QED) is 0.781. The summed E-state index contributed by atoms with van der Waals surface area (Å²) in [6.45, 7) is 3.41. The molecule has 0 bridgehead atoms. The molecule has 4 aliphatic rings. The van der Waals surface area contributed by atoms with Gasteiger partial charge in [0.1, 0.15) is 0 Å². The lowest BCUT2D eigenvalue weighted by Gasteiger charge is -2.55. The van der Waals surface area contributed by atoms with E-state index in [0.29, 0.717) is 11.9 Å². The number of hydrogen-bond donors (Lipinski definition) is 0. The van der Waals surface area contributed by atoms with Crippen LogP contribution in [0, 0.1) is 17.3 Å². The molecule has 2 atom stereocenters. The summed E-state index contributed by atoms with van der Waals surface area (Å²) in [5.74, 6) is 2.03. The van der Waals surface area contributed by atoms with Gasteiger partial charge in [-0.3, -0.25) is 4.79 Å². The lowest BCUT2D eigenvalue weighted by Crippen LogP contribution is -2.61. The van der Waals surface area contributed by atoms with E-state index < -0.39 is 0 Å². The fraction of sp³-hybridized carbons (Fsp3) is 0.944. The maximum absolute atomic E-state index is 13.4. The predicted octanol–water partition coefficient (Wildman–Crippen LogP) is 2.90. The lowest BCUT2D eigenvalue weighted by atomic mass is 9.54. The van der Waals surface area contributed by atoms with Crippen molar-refractivity contribution in [2.75, 3.05) is 26.7 Å². The molecule has 21 heavy (non-hydrogen) atoms. The second-order valence-corrected chi connectivity index (χ2v) is 8.16. The molecule has 2 aliphatic carbocycles. The first kappa shape index (κ1) is 14.0. The van der Waals surface area contributed by atoms with E-state index in [1.807, 2.05) is 0 Å². The molecule has 2 saturated carbocycles. The van der Waals surface area contributed by atoms with Gasteiger partial charge in [0.2, 0.25) is 5.91 Å². The number of likely N-dealkylation sites (tertiary alicyclic amines) is 2. The van der Waals surface area contributed by atoms with E-state index in [-0.39, 0.29) is 5.41 Å². The van der Waals surface area contributed by atoms with Crippen LogP contribution in [0.5, 0.6) is 0 Å². The molecule has 2 heterocycles. The van der Waals surface area contributed by atoms with Gasteiger partial charge in [0.15, 0.2) is 0 Å². The Hall–Kier alpha value is -0.570. The van der Waals surface area contributed by atoms with Gasteiger partial charge in [-0.1, -0.05) is 12.8 Å². The molecule has 0 N–H and O–H groups in total. The van der Waals surface area contributed by atoms with E-state index in [9.17, 15) is 4.79 Å². The zero-order valence-electron chi connectivity index (χ0n) is 13.5. The van der Waals surface area contributed by atoms with Gasteiger partial charge in [-0.15, -0.1) is 0 Å². The number of carbonyl (C=O) groups excluding carboxylic acids is 1. The minimum Gasteiger partial charge on any atom is -0.339 e. The summed E-state index contributed by atoms with van der Waals surface area (Å²) in [5, 5.41) is 0. The summed E-state index contributed by atoms with van der Waals surface area (Å²) in [6, 6.07) is 0.556. The van der Waals surface area contributed by atoms with E-state index in [1.165, 1.54) is 70.9 Å². The Morgan fingerprint density at radius 2 is 1.81 bits per heavy atom. The van der Waals surface area contributed by atoms with Crippen molar-refractivity contribution in [1.29, 1.82) is 0 Å². The van der Waals surface area contributed by atoms with Crippen molar-refractivity contribution < 1.29 is 4.79 Å². The Morgan fingerprint density at radius 3 is 2.43 bits per heavy atom. The number of piperidine rings is 2. The van der Waals surface area contributed by atoms with E-state index in [4.69, 9.17) is 0 Å². The molecule has 2 saturated heterocycles. The lowest BCUT2D eigenvalue weighted by molar-refractivity contribution is -0.163. The summed E-state index contributed by atoms with van der Waals surface area (Å²) in [6.07, 6.45) is 11.4. The van der Waals surface area contributed by atoms with E-state index in [2.05, 4.69) is 16.8 Å². The SMILES string of the molecule is CN1CCC2C(CCCN2C(=O)C2(C3CCC3)CCC2)C1. The number of fused-ring (bicyclic) bond motifs is 1. The van der Waals surface area contributed by atoms with Crippen LogP contribution in [0.3, 0.4) is 0 Å². The van der Waals surface area contributed by atoms with Gasteiger partial charge in [0.05, 0.1) is 5.41 Å². The topological polar surface area (TPSA) is 23.6 Å². The largest absolute Gasteiger partial charge is 0.339 e. The zero-order chi connectivity index (χ0) is 14.4. The molecule has 2 unspecified atom stereocenters. The predicted molar refractivity (Wildman–Crippen MR) is 84.0 cm³/mol. The second-order valence-electron chi connectivity index (χ2n) is 8.16. The third-order valence-electron chi connectivity index (χ3n) is 7.09. The molecule has 0 aromatic carbocycles. The Morgan fingerprint density at radius 1 is 1.00 bits per heavy atom. The molecular formula is C18H30N2O. The molecule has 0 aromatic heterocycles. The molecule has 118 valence electrons. The first-order chi connectivity index (χ1) is 10.2. The Kier molecular flexibility index (Phi) is 3.52. The summed E-state index contributed by atoms with van der Waals surface area (Å²) >= 11 is 0. The van der Waals surface area contributed by atoms with Crippen LogP contribution < -0.4 is 0 Å². The number of amides is 1. The van der Waals surface area contributed by atoms with Crippen molar-refractivity contribution in [3.8, 4) is 0 Å². The minimum absolute atomic E-state index is 0.0868. The summed E-state index contributed by atoms with van der Waals surface area (Å²) in [7, 11) is 2.23. The van der Waals surface area contributed by atoms with Gasteiger partial charge in [-0.2, -0.15) is 0 Å². The van der Waals surface area contributed by atoms with Crippen molar-refractivity contribution >= 4 is 5.91 Å². The van der Waals surface area contributed by atoms with Crippen LogP contribution in [0.4, 0.5) is 0 Å². The molecule has 1 amide bonds. The highest BCUT2D eigenvalue weighted by atomic mass is 16.2. The first-order valence-corrected chi connectivity index (χ1v) is 9.20. The Balaban J connectivity index is 1.52. The smallest absolute Gasteiger partial charge is 0.229 e. The second kappa shape index (κ2) is 5.26. The standard InChI is InChI=1S/C18H30N2O/c1-19-12-8-16-14(13-19)5-3-11-20(16)17(21)18(9-4-10-18)15-6-2-7-15/h14-16H,2-13H2,1H3. The highest BCUT2D eigenvalue weighted by Crippen LogP contribution is 2.56. The average molecular weight is 290 g/mol. The van der Waals surface area contributed by atoms with Crippen molar-refractivity contribution in [2.45, 2.75) is 63.8 Å². The molecule has 3 heteroatoms. The van der Waals surface area contributed by atoms with Gasteiger partial charge in [-0.05, 0) is 70.4 Å². The fourth-order valence-corrected chi connectivity index (χ4v) is 5.44. The third kappa shape index (κ3) is 2.15. The van der Waals surface area contributed by atoms with E-state index in [1.54, 1.807) is 0 Å². The normalized spacial score (nSPS) is 36.5. The molecule has 0 aromatic rings. The molecule has 0 radical (unpaired) electrons. The van der Waals surface area contributed by atoms with E-state index >= 15 is 0 Å². The summed E-state index contributed by atoms with van der Waals surface area (Å²) in [5.41, 5.74) is 0.0868. The minimum atomic E-state index is 0.0868. The van der Waals surface area contributed by atoms with Gasteiger partial charge in [0, 0.05) is 19.1 Å². The Labute approximate surface area is 129 Å². The number of hydrogen-bond acceptors (Lipinski definition) is 2. The van der Waals surface area contributed by atoms with Crippen LogP contribution in [0.2, 0.25) is 0 Å². The van der Waals surface area contributed by atoms with Crippen molar-refractivity contribution in [3.05, 3.63) is 0 Å². The zero-order valence-corrected chi connectivity index (χ0v) is 13.5. The molecular weight excluding hydrogens is 260 g/mol. The molecule has 0 spiro atoms. The maximum atomic E-state index is 13.4. The van der Waals surface area contributed by atoms with Crippen LogP contribution in [-0.4, -0.2) is 48.4 Å². The highest BCUT2D eigenvalue weighted by Gasteiger charge is 2.54. The molecule has 3 nitrogen and oxygen atoms in total. The number of carbonyl (C=O) groups is 1.